The van der Waals surface area contributed by atoms with E-state index >= 15 is 0 Å². The number of piperidine rings is 1. The van der Waals surface area contributed by atoms with E-state index in [9.17, 15) is 14.4 Å². The van der Waals surface area contributed by atoms with E-state index in [4.69, 9.17) is 27.4 Å². The minimum absolute atomic E-state index is 0.0468. The van der Waals surface area contributed by atoms with E-state index in [-0.39, 0.29) is 41.8 Å². The predicted octanol–water partition coefficient (Wildman–Crippen LogP) is 2.10. The van der Waals surface area contributed by atoms with Crippen molar-refractivity contribution >= 4 is 34.9 Å². The Morgan fingerprint density at radius 2 is 1.76 bits per heavy atom. The summed E-state index contributed by atoms with van der Waals surface area (Å²) in [5.74, 6) is -0.925. The maximum atomic E-state index is 12.6. The molecule has 1 unspecified atom stereocenters. The monoisotopic (exact) mass is 420 g/mol. The van der Waals surface area contributed by atoms with Gasteiger partial charge >= 0.3 is 5.97 Å². The molecule has 7 nitrogen and oxygen atoms in total. The minimum atomic E-state index is -0.420. The highest BCUT2D eigenvalue weighted by molar-refractivity contribution is 7.80. The SMILES string of the molecule is CCOC(=O)COC1CCN(C(=O)CC(C)C(=O)c2ccc(C(N)=S)cc2)CC1. The molecule has 8 heteroatoms. The van der Waals surface area contributed by atoms with Crippen LogP contribution < -0.4 is 5.73 Å². The van der Waals surface area contributed by atoms with Crippen LogP contribution in [0.3, 0.4) is 0 Å². The Bertz CT molecular complexity index is 742. The minimum Gasteiger partial charge on any atom is -0.464 e. The van der Waals surface area contributed by atoms with E-state index in [0.29, 0.717) is 43.7 Å². The van der Waals surface area contributed by atoms with Crippen LogP contribution >= 0.6 is 12.2 Å². The van der Waals surface area contributed by atoms with Gasteiger partial charge in [0.1, 0.15) is 11.6 Å². The molecule has 1 atom stereocenters. The Morgan fingerprint density at radius 1 is 1.17 bits per heavy atom. The van der Waals surface area contributed by atoms with Gasteiger partial charge in [-0.05, 0) is 19.8 Å². The van der Waals surface area contributed by atoms with Crippen molar-refractivity contribution in [1.82, 2.24) is 4.90 Å². The number of hydrogen-bond acceptors (Lipinski definition) is 6. The summed E-state index contributed by atoms with van der Waals surface area (Å²) >= 11 is 4.91. The largest absolute Gasteiger partial charge is 0.464 e. The van der Waals surface area contributed by atoms with Crippen LogP contribution in [0.4, 0.5) is 0 Å². The number of esters is 1. The van der Waals surface area contributed by atoms with Gasteiger partial charge in [-0.3, -0.25) is 9.59 Å². The first-order valence-electron chi connectivity index (χ1n) is 9.80. The van der Waals surface area contributed by atoms with Crippen LogP contribution in [-0.4, -0.2) is 60.0 Å². The van der Waals surface area contributed by atoms with Gasteiger partial charge in [0, 0.05) is 36.6 Å². The van der Waals surface area contributed by atoms with Crippen LogP contribution in [0.5, 0.6) is 0 Å². The lowest BCUT2D eigenvalue weighted by Gasteiger charge is -2.32. The Balaban J connectivity index is 1.79. The van der Waals surface area contributed by atoms with Crippen molar-refractivity contribution in [3.8, 4) is 0 Å². The normalized spacial score (nSPS) is 15.6. The standard InChI is InChI=1S/C21H28N2O5S/c1-3-27-19(25)13-28-17-8-10-23(11-9-17)18(24)12-14(2)20(26)15-4-6-16(7-5-15)21(22)29/h4-7,14,17H,3,8-13H2,1-2H3,(H2,22,29). The zero-order valence-corrected chi connectivity index (χ0v) is 17.7. The summed E-state index contributed by atoms with van der Waals surface area (Å²) in [6.07, 6.45) is 1.42. The summed E-state index contributed by atoms with van der Waals surface area (Å²) in [6.45, 7) is 4.88. The Morgan fingerprint density at radius 3 is 2.31 bits per heavy atom. The second-order valence-electron chi connectivity index (χ2n) is 7.11. The Labute approximate surface area is 176 Å². The van der Waals surface area contributed by atoms with Gasteiger partial charge < -0.3 is 20.1 Å². The van der Waals surface area contributed by atoms with Crippen LogP contribution in [-0.2, 0) is 19.1 Å². The first-order valence-corrected chi connectivity index (χ1v) is 10.2. The molecule has 2 N–H and O–H groups in total. The Kier molecular flexibility index (Phi) is 8.72. The molecule has 0 aliphatic carbocycles. The lowest BCUT2D eigenvalue weighted by atomic mass is 9.94. The van der Waals surface area contributed by atoms with Crippen LogP contribution in [0.25, 0.3) is 0 Å². The molecule has 1 fully saturated rings. The number of ketones is 1. The first-order chi connectivity index (χ1) is 13.8. The maximum Gasteiger partial charge on any atom is 0.332 e. The number of rotatable bonds is 9. The molecule has 1 amide bonds. The molecule has 1 aromatic rings. The molecule has 0 radical (unpaired) electrons. The maximum absolute atomic E-state index is 12.6. The summed E-state index contributed by atoms with van der Waals surface area (Å²) in [6, 6.07) is 6.80. The highest BCUT2D eigenvalue weighted by atomic mass is 32.1. The third kappa shape index (κ3) is 6.90. The van der Waals surface area contributed by atoms with E-state index in [1.807, 2.05) is 0 Å². The highest BCUT2D eigenvalue weighted by Gasteiger charge is 2.26. The molecule has 1 saturated heterocycles. The lowest BCUT2D eigenvalue weighted by molar-refractivity contribution is -0.152. The molecule has 1 aliphatic rings. The van der Waals surface area contributed by atoms with Crippen molar-refractivity contribution in [2.45, 2.75) is 39.2 Å². The summed E-state index contributed by atoms with van der Waals surface area (Å²) in [7, 11) is 0. The van der Waals surface area contributed by atoms with Gasteiger partial charge in [-0.2, -0.15) is 0 Å². The second-order valence-corrected chi connectivity index (χ2v) is 7.55. The third-order valence-electron chi connectivity index (χ3n) is 4.92. The molecule has 158 valence electrons. The van der Waals surface area contributed by atoms with Gasteiger partial charge in [-0.15, -0.1) is 0 Å². The summed E-state index contributed by atoms with van der Waals surface area (Å²) in [4.78, 5) is 38.6. The van der Waals surface area contributed by atoms with Crippen molar-refractivity contribution in [3.63, 3.8) is 0 Å². The molecule has 1 heterocycles. The number of nitrogens with two attached hydrogens (primary N) is 1. The van der Waals surface area contributed by atoms with Gasteiger partial charge in [0.25, 0.3) is 0 Å². The van der Waals surface area contributed by atoms with Gasteiger partial charge in [0.15, 0.2) is 5.78 Å². The van der Waals surface area contributed by atoms with Crippen molar-refractivity contribution < 1.29 is 23.9 Å². The average molecular weight is 421 g/mol. The fourth-order valence-electron chi connectivity index (χ4n) is 3.23. The quantitative estimate of drug-likeness (QED) is 0.371. The molecule has 0 aromatic heterocycles. The smallest absolute Gasteiger partial charge is 0.332 e. The van der Waals surface area contributed by atoms with Crippen LogP contribution in [0.2, 0.25) is 0 Å². The van der Waals surface area contributed by atoms with E-state index in [2.05, 4.69) is 0 Å². The van der Waals surface area contributed by atoms with Crippen molar-refractivity contribution in [2.75, 3.05) is 26.3 Å². The number of Topliss-reactive ketones (excluding diaryl/α,β-unsaturated/α-hetero) is 1. The van der Waals surface area contributed by atoms with Crippen LogP contribution in [0.1, 0.15) is 49.0 Å². The number of likely N-dealkylation sites (tertiary alicyclic amines) is 1. The van der Waals surface area contributed by atoms with E-state index in [1.54, 1.807) is 43.0 Å². The zero-order chi connectivity index (χ0) is 21.4. The Hall–Kier alpha value is -2.32. The number of ether oxygens (including phenoxy) is 2. The van der Waals surface area contributed by atoms with Gasteiger partial charge in [-0.25, -0.2) is 4.79 Å². The fraction of sp³-hybridized carbons (Fsp3) is 0.524. The third-order valence-corrected chi connectivity index (χ3v) is 5.15. The van der Waals surface area contributed by atoms with E-state index in [0.717, 1.165) is 0 Å². The molecular formula is C21H28N2O5S. The summed E-state index contributed by atoms with van der Waals surface area (Å²) in [5, 5.41) is 0. The molecule has 0 spiro atoms. The van der Waals surface area contributed by atoms with Crippen molar-refractivity contribution in [2.24, 2.45) is 11.7 Å². The van der Waals surface area contributed by atoms with Crippen LogP contribution in [0, 0.1) is 5.92 Å². The average Bonchev–Trinajstić information content (AvgIpc) is 2.72. The highest BCUT2D eigenvalue weighted by Crippen LogP contribution is 2.18. The van der Waals surface area contributed by atoms with E-state index in [1.165, 1.54) is 0 Å². The number of hydrogen-bond donors (Lipinski definition) is 1. The zero-order valence-electron chi connectivity index (χ0n) is 16.9. The molecule has 0 saturated carbocycles. The molecule has 29 heavy (non-hydrogen) atoms. The van der Waals surface area contributed by atoms with Gasteiger partial charge in [-0.1, -0.05) is 43.4 Å². The first kappa shape index (κ1) is 23.0. The van der Waals surface area contributed by atoms with Gasteiger partial charge in [0.2, 0.25) is 5.91 Å². The second kappa shape index (κ2) is 11.0. The molecule has 1 aromatic carbocycles. The fourth-order valence-corrected chi connectivity index (χ4v) is 3.36. The molecular weight excluding hydrogens is 392 g/mol. The van der Waals surface area contributed by atoms with Gasteiger partial charge in [0.05, 0.1) is 12.7 Å². The molecule has 2 rings (SSSR count). The number of carbonyl (C=O) groups is 3. The summed E-state index contributed by atoms with van der Waals surface area (Å²) in [5.41, 5.74) is 6.81. The van der Waals surface area contributed by atoms with E-state index < -0.39 is 5.92 Å². The lowest BCUT2D eigenvalue weighted by Crippen LogP contribution is -2.42. The topological polar surface area (TPSA) is 98.9 Å². The van der Waals surface area contributed by atoms with Crippen molar-refractivity contribution in [1.29, 1.82) is 0 Å². The van der Waals surface area contributed by atoms with Crippen LogP contribution in [0.15, 0.2) is 24.3 Å². The molecule has 0 bridgehead atoms. The molecule has 1 aliphatic heterocycles. The number of nitrogens with zero attached hydrogens (tertiary/aromatic N) is 1. The predicted molar refractivity (Wildman–Crippen MR) is 113 cm³/mol. The van der Waals surface area contributed by atoms with Crippen molar-refractivity contribution in [3.05, 3.63) is 35.4 Å². The number of benzene rings is 1. The number of thiocarbonyl (C=S) groups is 1. The summed E-state index contributed by atoms with van der Waals surface area (Å²) < 4.78 is 10.4. The number of carbonyl (C=O) groups excluding carboxylic acids is 3. The number of amides is 1.